The summed E-state index contributed by atoms with van der Waals surface area (Å²) in [4.78, 5) is 14.0. The highest BCUT2D eigenvalue weighted by Gasteiger charge is 2.24. The zero-order chi connectivity index (χ0) is 15.0. The molecule has 1 amide bonds. The van der Waals surface area contributed by atoms with Crippen LogP contribution in [0.25, 0.3) is 0 Å². The van der Waals surface area contributed by atoms with Gasteiger partial charge in [0.05, 0.1) is 13.0 Å². The van der Waals surface area contributed by atoms with Gasteiger partial charge in [0, 0.05) is 23.7 Å². The number of carbonyl (C=O) groups excluding carboxylic acids is 1. The van der Waals surface area contributed by atoms with Crippen LogP contribution >= 0.6 is 11.6 Å². The fraction of sp³-hybridized carbons (Fsp3) is 0.357. The lowest BCUT2D eigenvalue weighted by Gasteiger charge is -2.27. The van der Waals surface area contributed by atoms with E-state index in [9.17, 15) is 9.18 Å². The van der Waals surface area contributed by atoms with E-state index in [0.717, 1.165) is 11.6 Å². The molecule has 5 nitrogen and oxygen atoms in total. The van der Waals surface area contributed by atoms with Gasteiger partial charge in [-0.05, 0) is 19.1 Å². The number of carbonyl (C=O) groups is 1. The van der Waals surface area contributed by atoms with Crippen molar-refractivity contribution in [3.05, 3.63) is 46.3 Å². The minimum Gasteiger partial charge on any atom is -0.333 e. The van der Waals surface area contributed by atoms with Crippen molar-refractivity contribution in [3.8, 4) is 0 Å². The summed E-state index contributed by atoms with van der Waals surface area (Å²) < 4.78 is 15.7. The van der Waals surface area contributed by atoms with Crippen molar-refractivity contribution in [1.29, 1.82) is 0 Å². The highest BCUT2D eigenvalue weighted by Crippen LogP contribution is 2.21. The van der Waals surface area contributed by atoms with Gasteiger partial charge in [0.15, 0.2) is 5.82 Å². The predicted octanol–water partition coefficient (Wildman–Crippen LogP) is 1.96. The molecule has 0 aliphatic carbocycles. The number of aromatic nitrogens is 3. The Bertz CT molecular complexity index is 680. The van der Waals surface area contributed by atoms with Crippen LogP contribution in [0.1, 0.15) is 17.2 Å². The fourth-order valence-corrected chi connectivity index (χ4v) is 2.71. The summed E-state index contributed by atoms with van der Waals surface area (Å²) in [5.41, 5.74) is 0.243. The van der Waals surface area contributed by atoms with Gasteiger partial charge in [-0.15, -0.1) is 10.2 Å². The first kappa shape index (κ1) is 14.0. The Kier molecular flexibility index (Phi) is 3.63. The number of nitrogens with zero attached hydrogens (tertiary/aromatic N) is 4. The Labute approximate surface area is 126 Å². The van der Waals surface area contributed by atoms with Crippen molar-refractivity contribution < 1.29 is 9.18 Å². The summed E-state index contributed by atoms with van der Waals surface area (Å²) in [5, 5.41) is 8.33. The Morgan fingerprint density at radius 1 is 1.38 bits per heavy atom. The second kappa shape index (κ2) is 5.44. The average Bonchev–Trinajstić information content (AvgIpc) is 2.84. The molecule has 0 spiro atoms. The summed E-state index contributed by atoms with van der Waals surface area (Å²) in [6, 6.07) is 4.42. The van der Waals surface area contributed by atoms with Crippen LogP contribution in [0.5, 0.6) is 0 Å². The molecule has 21 heavy (non-hydrogen) atoms. The number of amides is 1. The first-order chi connectivity index (χ1) is 10.1. The molecule has 3 rings (SSSR count). The molecule has 0 fully saturated rings. The third-order valence-electron chi connectivity index (χ3n) is 3.68. The van der Waals surface area contributed by atoms with Gasteiger partial charge in [0.1, 0.15) is 11.6 Å². The zero-order valence-electron chi connectivity index (χ0n) is 11.5. The molecular weight excluding hydrogens is 295 g/mol. The van der Waals surface area contributed by atoms with Crippen LogP contribution in [0.15, 0.2) is 18.2 Å². The first-order valence-electron chi connectivity index (χ1n) is 6.65. The maximum absolute atomic E-state index is 13.7. The smallest absolute Gasteiger partial charge is 0.227 e. The maximum Gasteiger partial charge on any atom is 0.227 e. The van der Waals surface area contributed by atoms with Crippen LogP contribution < -0.4 is 0 Å². The van der Waals surface area contributed by atoms with Gasteiger partial charge in [-0.2, -0.15) is 0 Å². The highest BCUT2D eigenvalue weighted by atomic mass is 35.5. The molecule has 1 aliphatic rings. The van der Waals surface area contributed by atoms with Crippen molar-refractivity contribution in [3.63, 3.8) is 0 Å². The van der Waals surface area contributed by atoms with Gasteiger partial charge < -0.3 is 9.47 Å². The lowest BCUT2D eigenvalue weighted by atomic mass is 10.1. The van der Waals surface area contributed by atoms with Gasteiger partial charge in [0.2, 0.25) is 5.91 Å². The normalized spacial score (nSPS) is 14.1. The van der Waals surface area contributed by atoms with Crippen LogP contribution in [-0.4, -0.2) is 32.1 Å². The molecule has 0 radical (unpaired) electrons. The van der Waals surface area contributed by atoms with E-state index in [1.54, 1.807) is 11.0 Å². The Morgan fingerprint density at radius 3 is 2.95 bits per heavy atom. The van der Waals surface area contributed by atoms with Crippen molar-refractivity contribution in [2.24, 2.45) is 0 Å². The number of benzene rings is 1. The van der Waals surface area contributed by atoms with Crippen molar-refractivity contribution in [2.45, 2.75) is 26.4 Å². The number of hydrogen-bond acceptors (Lipinski definition) is 3. The van der Waals surface area contributed by atoms with Crippen LogP contribution in [0.3, 0.4) is 0 Å². The maximum atomic E-state index is 13.7. The molecule has 1 aromatic heterocycles. The van der Waals surface area contributed by atoms with Crippen LogP contribution in [0.4, 0.5) is 4.39 Å². The van der Waals surface area contributed by atoms with E-state index in [2.05, 4.69) is 10.2 Å². The molecule has 110 valence electrons. The number of halogens is 2. The molecule has 2 aromatic rings. The van der Waals surface area contributed by atoms with E-state index < -0.39 is 5.82 Å². The Hall–Kier alpha value is -1.95. The first-order valence-corrected chi connectivity index (χ1v) is 7.03. The minimum atomic E-state index is -0.452. The molecular formula is C14H14ClFN4O. The van der Waals surface area contributed by atoms with E-state index in [-0.39, 0.29) is 22.9 Å². The second-order valence-electron chi connectivity index (χ2n) is 5.01. The van der Waals surface area contributed by atoms with E-state index in [1.807, 2.05) is 11.5 Å². The fourth-order valence-electron chi connectivity index (χ4n) is 2.48. The number of fused-ring (bicyclic) bond motifs is 1. The third kappa shape index (κ3) is 2.63. The van der Waals surface area contributed by atoms with Crippen molar-refractivity contribution >= 4 is 17.5 Å². The standard InChI is InChI=1S/C14H14ClFN4O/c1-9-17-18-13-8-19(5-6-20(9)13)14(21)7-10-11(15)3-2-4-12(10)16/h2-4H,5-8H2,1H3. The van der Waals surface area contributed by atoms with Crippen LogP contribution in [0, 0.1) is 12.7 Å². The molecule has 0 N–H and O–H groups in total. The summed E-state index contributed by atoms with van der Waals surface area (Å²) in [5.74, 6) is 0.988. The van der Waals surface area contributed by atoms with Crippen molar-refractivity contribution in [1.82, 2.24) is 19.7 Å². The average molecular weight is 309 g/mol. The molecule has 0 saturated heterocycles. The number of hydrogen-bond donors (Lipinski definition) is 0. The summed E-state index contributed by atoms with van der Waals surface area (Å²) in [6.07, 6.45) is -0.0430. The van der Waals surface area contributed by atoms with E-state index in [1.165, 1.54) is 12.1 Å². The topological polar surface area (TPSA) is 51.0 Å². The van der Waals surface area contributed by atoms with Crippen LogP contribution in [-0.2, 0) is 24.3 Å². The summed E-state index contributed by atoms with van der Waals surface area (Å²) >= 11 is 5.96. The lowest BCUT2D eigenvalue weighted by molar-refractivity contribution is -0.132. The zero-order valence-corrected chi connectivity index (χ0v) is 12.3. The Morgan fingerprint density at radius 2 is 2.19 bits per heavy atom. The van der Waals surface area contributed by atoms with Gasteiger partial charge in [-0.1, -0.05) is 17.7 Å². The van der Waals surface area contributed by atoms with Gasteiger partial charge >= 0.3 is 0 Å². The van der Waals surface area contributed by atoms with E-state index in [4.69, 9.17) is 11.6 Å². The van der Waals surface area contributed by atoms with E-state index >= 15 is 0 Å². The van der Waals surface area contributed by atoms with Gasteiger partial charge in [0.25, 0.3) is 0 Å². The summed E-state index contributed by atoms with van der Waals surface area (Å²) in [6.45, 7) is 3.50. The molecule has 0 atom stereocenters. The van der Waals surface area contributed by atoms with Crippen LogP contribution in [0.2, 0.25) is 5.02 Å². The SMILES string of the molecule is Cc1nnc2n1CCN(C(=O)Cc1c(F)cccc1Cl)C2. The van der Waals surface area contributed by atoms with Gasteiger partial charge in [-0.3, -0.25) is 4.79 Å². The predicted molar refractivity (Wildman–Crippen MR) is 75.3 cm³/mol. The number of rotatable bonds is 2. The molecule has 0 unspecified atom stereocenters. The molecule has 1 aliphatic heterocycles. The highest BCUT2D eigenvalue weighted by molar-refractivity contribution is 6.31. The number of aryl methyl sites for hydroxylation is 1. The van der Waals surface area contributed by atoms with Gasteiger partial charge in [-0.25, -0.2) is 4.39 Å². The molecule has 7 heteroatoms. The van der Waals surface area contributed by atoms with E-state index in [0.29, 0.717) is 19.6 Å². The quantitative estimate of drug-likeness (QED) is 0.852. The minimum absolute atomic E-state index is 0.0430. The lowest BCUT2D eigenvalue weighted by Crippen LogP contribution is -2.39. The molecule has 1 aromatic carbocycles. The summed E-state index contributed by atoms with van der Waals surface area (Å²) in [7, 11) is 0. The molecule has 0 saturated carbocycles. The Balaban J connectivity index is 1.75. The molecule has 2 heterocycles. The monoisotopic (exact) mass is 308 g/mol. The third-order valence-corrected chi connectivity index (χ3v) is 4.03. The molecule has 0 bridgehead atoms. The second-order valence-corrected chi connectivity index (χ2v) is 5.41. The van der Waals surface area contributed by atoms with Crippen molar-refractivity contribution in [2.75, 3.05) is 6.54 Å². The largest absolute Gasteiger partial charge is 0.333 e.